The van der Waals surface area contributed by atoms with Crippen molar-refractivity contribution in [2.45, 2.75) is 6.92 Å². The second-order valence-electron chi connectivity index (χ2n) is 3.01. The van der Waals surface area contributed by atoms with Gasteiger partial charge < -0.3 is 0 Å². The second-order valence-corrected chi connectivity index (χ2v) is 5.06. The van der Waals surface area contributed by atoms with E-state index in [1.807, 2.05) is 19.1 Å². The Bertz CT molecular complexity index is 511. The molecule has 0 N–H and O–H groups in total. The largest absolute Gasteiger partial charge is 0.254 e. The molecule has 1 aromatic heterocycles. The number of halogens is 3. The van der Waals surface area contributed by atoms with Crippen LogP contribution in [-0.2, 0) is 0 Å². The van der Waals surface area contributed by atoms with Crippen molar-refractivity contribution < 1.29 is 0 Å². The lowest BCUT2D eigenvalue weighted by Gasteiger charge is -2.06. The van der Waals surface area contributed by atoms with Gasteiger partial charge in [-0.15, -0.1) is 0 Å². The number of hydrogen-bond acceptors (Lipinski definition) is 1. The normalized spacial score (nSPS) is 10.9. The summed E-state index contributed by atoms with van der Waals surface area (Å²) in [5, 5.41) is 1.65. The van der Waals surface area contributed by atoms with Crippen molar-refractivity contribution >= 4 is 54.4 Å². The summed E-state index contributed by atoms with van der Waals surface area (Å²) in [6, 6.07) is 4.03. The Kier molecular flexibility index (Phi) is 2.82. The number of hydrogen-bond donors (Lipinski definition) is 0. The number of aryl methyl sites for hydroxylation is 1. The monoisotopic (exact) mass is 333 g/mol. The zero-order valence-corrected chi connectivity index (χ0v) is 11.2. The highest BCUT2D eigenvalue weighted by atomic mass is 79.9. The molecule has 1 heterocycles. The Hall–Kier alpha value is -0.120. The summed E-state index contributed by atoms with van der Waals surface area (Å²) >= 11 is 12.9. The van der Waals surface area contributed by atoms with E-state index in [0.29, 0.717) is 5.02 Å². The first-order valence-corrected chi connectivity index (χ1v) is 5.96. The molecule has 0 amide bonds. The van der Waals surface area contributed by atoms with Crippen LogP contribution in [0.25, 0.3) is 10.9 Å². The van der Waals surface area contributed by atoms with Crippen LogP contribution in [0.5, 0.6) is 0 Å². The van der Waals surface area contributed by atoms with Crippen molar-refractivity contribution in [1.82, 2.24) is 4.98 Å². The molecule has 72 valence electrons. The minimum Gasteiger partial charge on any atom is -0.254 e. The first kappa shape index (κ1) is 10.4. The van der Waals surface area contributed by atoms with Gasteiger partial charge in [0.05, 0.1) is 10.5 Å². The maximum absolute atomic E-state index is 5.98. The van der Waals surface area contributed by atoms with Gasteiger partial charge in [0.15, 0.2) is 0 Å². The molecule has 0 fully saturated rings. The summed E-state index contributed by atoms with van der Waals surface area (Å²) in [5.41, 5.74) is 2.11. The first-order chi connectivity index (χ1) is 6.61. The summed E-state index contributed by atoms with van der Waals surface area (Å²) < 4.78 is 1.89. The fourth-order valence-electron chi connectivity index (χ4n) is 1.34. The highest BCUT2D eigenvalue weighted by Crippen LogP contribution is 2.35. The molecule has 0 radical (unpaired) electrons. The molecule has 0 aliphatic carbocycles. The van der Waals surface area contributed by atoms with Gasteiger partial charge in [0.2, 0.25) is 0 Å². The third-order valence-electron chi connectivity index (χ3n) is 2.06. The van der Waals surface area contributed by atoms with Gasteiger partial charge in [-0.05, 0) is 34.5 Å². The molecule has 0 saturated carbocycles. The molecule has 2 rings (SSSR count). The van der Waals surface area contributed by atoms with Gasteiger partial charge in [-0.2, -0.15) is 0 Å². The zero-order valence-electron chi connectivity index (χ0n) is 7.31. The number of pyridine rings is 1. The molecule has 14 heavy (non-hydrogen) atoms. The van der Waals surface area contributed by atoms with Gasteiger partial charge in [-0.3, -0.25) is 4.98 Å². The van der Waals surface area contributed by atoms with Gasteiger partial charge in [-0.25, -0.2) is 0 Å². The smallest absolute Gasteiger partial charge is 0.0755 e. The van der Waals surface area contributed by atoms with E-state index in [2.05, 4.69) is 36.8 Å². The van der Waals surface area contributed by atoms with E-state index in [1.165, 1.54) is 0 Å². The Morgan fingerprint density at radius 3 is 2.71 bits per heavy atom. The SMILES string of the molecule is Cc1ccc(Br)c2c(Br)c(Cl)cnc12. The third-order valence-corrected chi connectivity index (χ3v) is 4.06. The summed E-state index contributed by atoms with van der Waals surface area (Å²) in [6.45, 7) is 2.03. The average molecular weight is 335 g/mol. The second kappa shape index (κ2) is 3.80. The molecule has 0 aliphatic rings. The van der Waals surface area contributed by atoms with E-state index in [4.69, 9.17) is 11.6 Å². The first-order valence-electron chi connectivity index (χ1n) is 4.00. The van der Waals surface area contributed by atoms with E-state index in [9.17, 15) is 0 Å². The van der Waals surface area contributed by atoms with Crippen molar-refractivity contribution in [3.63, 3.8) is 0 Å². The number of aromatic nitrogens is 1. The van der Waals surface area contributed by atoms with Gasteiger partial charge in [0.25, 0.3) is 0 Å². The van der Waals surface area contributed by atoms with Gasteiger partial charge in [-0.1, -0.05) is 33.6 Å². The molecule has 0 spiro atoms. The Morgan fingerprint density at radius 2 is 2.00 bits per heavy atom. The van der Waals surface area contributed by atoms with Crippen LogP contribution in [0.4, 0.5) is 0 Å². The van der Waals surface area contributed by atoms with Gasteiger partial charge >= 0.3 is 0 Å². The van der Waals surface area contributed by atoms with Crippen LogP contribution in [-0.4, -0.2) is 4.98 Å². The maximum atomic E-state index is 5.98. The minimum absolute atomic E-state index is 0.629. The van der Waals surface area contributed by atoms with E-state index in [-0.39, 0.29) is 0 Å². The Labute approximate surface area is 104 Å². The van der Waals surface area contributed by atoms with Crippen LogP contribution in [0, 0.1) is 6.92 Å². The lowest BCUT2D eigenvalue weighted by Crippen LogP contribution is -1.86. The zero-order chi connectivity index (χ0) is 10.3. The van der Waals surface area contributed by atoms with E-state index in [1.54, 1.807) is 6.20 Å². The van der Waals surface area contributed by atoms with Crippen LogP contribution in [0.2, 0.25) is 5.02 Å². The summed E-state index contributed by atoms with van der Waals surface area (Å²) in [4.78, 5) is 4.31. The van der Waals surface area contributed by atoms with Crippen molar-refractivity contribution in [3.8, 4) is 0 Å². The van der Waals surface area contributed by atoms with Crippen LogP contribution in [0.1, 0.15) is 5.56 Å². The molecule has 0 aliphatic heterocycles. The van der Waals surface area contributed by atoms with E-state index < -0.39 is 0 Å². The van der Waals surface area contributed by atoms with Gasteiger partial charge in [0.1, 0.15) is 0 Å². The predicted octanol–water partition coefficient (Wildman–Crippen LogP) is 4.72. The molecule has 0 unspecified atom stereocenters. The standard InChI is InChI=1S/C10H6Br2ClN/c1-5-2-3-6(11)8-9(12)7(13)4-14-10(5)8/h2-4H,1H3. The topological polar surface area (TPSA) is 12.9 Å². The number of fused-ring (bicyclic) bond motifs is 1. The van der Waals surface area contributed by atoms with Crippen LogP contribution >= 0.6 is 43.5 Å². The third kappa shape index (κ3) is 1.58. The molecule has 4 heteroatoms. The molecule has 0 saturated heterocycles. The molecule has 0 atom stereocenters. The van der Waals surface area contributed by atoms with Crippen LogP contribution in [0.3, 0.4) is 0 Å². The summed E-state index contributed by atoms with van der Waals surface area (Å²) in [6.07, 6.45) is 1.66. The number of rotatable bonds is 0. The van der Waals surface area contributed by atoms with Crippen molar-refractivity contribution in [1.29, 1.82) is 0 Å². The van der Waals surface area contributed by atoms with Crippen LogP contribution < -0.4 is 0 Å². The highest BCUT2D eigenvalue weighted by Gasteiger charge is 2.09. The Morgan fingerprint density at radius 1 is 1.29 bits per heavy atom. The molecule has 0 bridgehead atoms. The fourth-order valence-corrected chi connectivity index (χ4v) is 2.77. The maximum Gasteiger partial charge on any atom is 0.0755 e. The van der Waals surface area contributed by atoms with Crippen molar-refractivity contribution in [2.75, 3.05) is 0 Å². The fraction of sp³-hybridized carbons (Fsp3) is 0.100. The van der Waals surface area contributed by atoms with Gasteiger partial charge in [0, 0.05) is 20.5 Å². The predicted molar refractivity (Wildman–Crippen MR) is 66.9 cm³/mol. The minimum atomic E-state index is 0.629. The van der Waals surface area contributed by atoms with Crippen molar-refractivity contribution in [3.05, 3.63) is 37.9 Å². The molecule has 2 aromatic rings. The molecule has 1 nitrogen and oxygen atoms in total. The number of nitrogens with zero attached hydrogens (tertiary/aromatic N) is 1. The summed E-state index contributed by atoms with van der Waals surface area (Å²) in [5.74, 6) is 0. The quantitative estimate of drug-likeness (QED) is 0.679. The summed E-state index contributed by atoms with van der Waals surface area (Å²) in [7, 11) is 0. The molecular formula is C10H6Br2ClN. The van der Waals surface area contributed by atoms with Crippen LogP contribution in [0.15, 0.2) is 27.3 Å². The molecular weight excluding hydrogens is 329 g/mol. The number of benzene rings is 1. The highest BCUT2D eigenvalue weighted by molar-refractivity contribution is 9.11. The van der Waals surface area contributed by atoms with E-state index in [0.717, 1.165) is 25.4 Å². The van der Waals surface area contributed by atoms with E-state index >= 15 is 0 Å². The lowest BCUT2D eigenvalue weighted by molar-refractivity contribution is 1.35. The lowest BCUT2D eigenvalue weighted by atomic mass is 10.1. The Balaban J connectivity index is 3.01. The molecule has 1 aromatic carbocycles. The van der Waals surface area contributed by atoms with Crippen molar-refractivity contribution in [2.24, 2.45) is 0 Å². The average Bonchev–Trinajstić information content (AvgIpc) is 2.16.